The van der Waals surface area contributed by atoms with Gasteiger partial charge in [0.25, 0.3) is 0 Å². The van der Waals surface area contributed by atoms with Gasteiger partial charge in [0.1, 0.15) is 6.04 Å². The van der Waals surface area contributed by atoms with Crippen LogP contribution in [0.2, 0.25) is 0 Å². The molecule has 1 aromatic heterocycles. The molecule has 0 unspecified atom stereocenters. The third-order valence-corrected chi connectivity index (χ3v) is 4.61. The van der Waals surface area contributed by atoms with E-state index in [0.29, 0.717) is 6.42 Å². The summed E-state index contributed by atoms with van der Waals surface area (Å²) in [5, 5.41) is 9.86. The van der Waals surface area contributed by atoms with Crippen LogP contribution in [0.15, 0.2) is 30.5 Å². The van der Waals surface area contributed by atoms with E-state index in [1.54, 1.807) is 7.05 Å². The number of piperidine rings is 1. The minimum absolute atomic E-state index is 0.0943. The van der Waals surface area contributed by atoms with E-state index < -0.39 is 6.04 Å². The molecule has 0 aliphatic carbocycles. The minimum atomic E-state index is -0.578. The summed E-state index contributed by atoms with van der Waals surface area (Å²) in [6.07, 6.45) is 5.32. The van der Waals surface area contributed by atoms with E-state index in [4.69, 9.17) is 0 Å². The summed E-state index contributed by atoms with van der Waals surface area (Å²) in [4.78, 5) is 27.9. The number of amides is 2. The molecule has 2 atom stereocenters. The normalized spacial score (nSPS) is 19.0. The summed E-state index contributed by atoms with van der Waals surface area (Å²) in [6, 6.07) is 7.18. The molecule has 1 aliphatic rings. The van der Waals surface area contributed by atoms with Crippen molar-refractivity contribution in [1.82, 2.24) is 20.9 Å². The van der Waals surface area contributed by atoms with Crippen molar-refractivity contribution in [2.45, 2.75) is 37.8 Å². The first-order valence-corrected chi connectivity index (χ1v) is 8.49. The van der Waals surface area contributed by atoms with Crippen molar-refractivity contribution in [3.8, 4) is 0 Å². The Morgan fingerprint density at radius 1 is 1.29 bits per heavy atom. The van der Waals surface area contributed by atoms with Crippen molar-refractivity contribution in [3.63, 3.8) is 0 Å². The van der Waals surface area contributed by atoms with Crippen molar-refractivity contribution in [2.24, 2.45) is 0 Å². The minimum Gasteiger partial charge on any atom is -0.361 e. The fourth-order valence-corrected chi connectivity index (χ4v) is 3.25. The number of carbonyl (C=O) groups is 2. The van der Waals surface area contributed by atoms with Crippen LogP contribution in [0, 0.1) is 0 Å². The number of nitrogens with one attached hydrogen (secondary N) is 4. The second-order valence-corrected chi connectivity index (χ2v) is 6.24. The van der Waals surface area contributed by atoms with Gasteiger partial charge in [-0.05, 0) is 31.0 Å². The maximum absolute atomic E-state index is 12.5. The average Bonchev–Trinajstić information content (AvgIpc) is 3.04. The number of aromatic nitrogens is 1. The van der Waals surface area contributed by atoms with Crippen LogP contribution < -0.4 is 16.0 Å². The highest BCUT2D eigenvalue weighted by molar-refractivity contribution is 5.91. The lowest BCUT2D eigenvalue weighted by molar-refractivity contribution is -0.130. The van der Waals surface area contributed by atoms with Gasteiger partial charge in [-0.25, -0.2) is 0 Å². The third-order valence-electron chi connectivity index (χ3n) is 4.61. The molecule has 2 aromatic rings. The number of benzene rings is 1. The van der Waals surface area contributed by atoms with E-state index in [1.165, 1.54) is 0 Å². The molecule has 4 N–H and O–H groups in total. The first-order chi connectivity index (χ1) is 11.7. The number of para-hydroxylation sites is 1. The lowest BCUT2D eigenvalue weighted by Gasteiger charge is -2.25. The third kappa shape index (κ3) is 3.59. The Morgan fingerprint density at radius 3 is 2.88 bits per heavy atom. The Labute approximate surface area is 141 Å². The summed E-state index contributed by atoms with van der Waals surface area (Å²) < 4.78 is 0. The zero-order chi connectivity index (χ0) is 16.9. The van der Waals surface area contributed by atoms with Gasteiger partial charge in [-0.15, -0.1) is 0 Å². The van der Waals surface area contributed by atoms with Crippen LogP contribution in [-0.4, -0.2) is 42.5 Å². The Kier molecular flexibility index (Phi) is 5.15. The van der Waals surface area contributed by atoms with Gasteiger partial charge in [0.05, 0.1) is 6.04 Å². The Morgan fingerprint density at radius 2 is 2.12 bits per heavy atom. The quantitative estimate of drug-likeness (QED) is 0.663. The Balaban J connectivity index is 1.74. The van der Waals surface area contributed by atoms with Crippen molar-refractivity contribution in [3.05, 3.63) is 36.0 Å². The molecule has 0 radical (unpaired) electrons. The van der Waals surface area contributed by atoms with Crippen LogP contribution in [0.3, 0.4) is 0 Å². The molecule has 6 nitrogen and oxygen atoms in total. The van der Waals surface area contributed by atoms with Gasteiger partial charge in [0.15, 0.2) is 0 Å². The standard InChI is InChI=1S/C18H24N4O2/c1-19-17(23)16(22-18(24)15-8-4-5-9-20-15)10-12-11-21-14-7-3-2-6-13(12)14/h2-3,6-7,11,15-16,20-21H,4-5,8-10H2,1H3,(H,19,23)(H,22,24)/t15-,16-/m0/s1. The molecule has 0 saturated carbocycles. The maximum atomic E-state index is 12.5. The number of hydrogen-bond acceptors (Lipinski definition) is 3. The highest BCUT2D eigenvalue weighted by Crippen LogP contribution is 2.19. The summed E-state index contributed by atoms with van der Waals surface area (Å²) in [6.45, 7) is 0.852. The van der Waals surface area contributed by atoms with E-state index in [9.17, 15) is 9.59 Å². The van der Waals surface area contributed by atoms with Crippen LogP contribution in [0.1, 0.15) is 24.8 Å². The molecule has 6 heteroatoms. The lowest BCUT2D eigenvalue weighted by Crippen LogP contribution is -2.54. The molecule has 2 heterocycles. The molecule has 128 valence electrons. The van der Waals surface area contributed by atoms with Gasteiger partial charge in [0, 0.05) is 30.6 Å². The summed E-state index contributed by atoms with van der Waals surface area (Å²) >= 11 is 0. The van der Waals surface area contributed by atoms with Crippen LogP contribution in [0.5, 0.6) is 0 Å². The predicted octanol–water partition coefficient (Wildman–Crippen LogP) is 1.08. The molecular weight excluding hydrogens is 304 g/mol. The summed E-state index contributed by atoms with van der Waals surface area (Å²) in [5.74, 6) is -0.271. The van der Waals surface area contributed by atoms with Crippen LogP contribution in [-0.2, 0) is 16.0 Å². The maximum Gasteiger partial charge on any atom is 0.242 e. The number of hydrogen-bond donors (Lipinski definition) is 4. The first-order valence-electron chi connectivity index (χ1n) is 8.49. The van der Waals surface area contributed by atoms with Crippen LogP contribution in [0.4, 0.5) is 0 Å². The van der Waals surface area contributed by atoms with Gasteiger partial charge in [0.2, 0.25) is 11.8 Å². The number of fused-ring (bicyclic) bond motifs is 1. The summed E-state index contributed by atoms with van der Waals surface area (Å²) in [5.41, 5.74) is 2.06. The molecule has 3 rings (SSSR count). The highest BCUT2D eigenvalue weighted by Gasteiger charge is 2.26. The van der Waals surface area contributed by atoms with E-state index in [-0.39, 0.29) is 17.9 Å². The van der Waals surface area contributed by atoms with E-state index in [1.807, 2.05) is 30.5 Å². The molecule has 1 aliphatic heterocycles. The predicted molar refractivity (Wildman–Crippen MR) is 93.6 cm³/mol. The van der Waals surface area contributed by atoms with Crippen LogP contribution >= 0.6 is 0 Å². The monoisotopic (exact) mass is 328 g/mol. The number of H-pyrrole nitrogens is 1. The molecule has 1 aromatic carbocycles. The van der Waals surface area contributed by atoms with Gasteiger partial charge in [-0.2, -0.15) is 0 Å². The van der Waals surface area contributed by atoms with E-state index in [0.717, 1.165) is 42.3 Å². The Hall–Kier alpha value is -2.34. The topological polar surface area (TPSA) is 86.0 Å². The first kappa shape index (κ1) is 16.5. The zero-order valence-corrected chi connectivity index (χ0v) is 13.9. The highest BCUT2D eigenvalue weighted by atomic mass is 16.2. The van der Waals surface area contributed by atoms with Crippen molar-refractivity contribution in [1.29, 1.82) is 0 Å². The zero-order valence-electron chi connectivity index (χ0n) is 13.9. The van der Waals surface area contributed by atoms with E-state index >= 15 is 0 Å². The number of rotatable bonds is 5. The average molecular weight is 328 g/mol. The number of likely N-dealkylation sites (N-methyl/N-ethyl adjacent to an activating group) is 1. The molecular formula is C18H24N4O2. The molecule has 24 heavy (non-hydrogen) atoms. The summed E-state index contributed by atoms with van der Waals surface area (Å²) in [7, 11) is 1.59. The van der Waals surface area contributed by atoms with Crippen molar-refractivity contribution < 1.29 is 9.59 Å². The fraction of sp³-hybridized carbons (Fsp3) is 0.444. The largest absolute Gasteiger partial charge is 0.361 e. The van der Waals surface area contributed by atoms with Crippen LogP contribution in [0.25, 0.3) is 10.9 Å². The lowest BCUT2D eigenvalue weighted by atomic mass is 10.0. The van der Waals surface area contributed by atoms with Gasteiger partial charge < -0.3 is 20.9 Å². The number of aromatic amines is 1. The second kappa shape index (κ2) is 7.49. The SMILES string of the molecule is CNC(=O)[C@H](Cc1c[nH]c2ccccc12)NC(=O)[C@@H]1CCCCN1. The Bertz CT molecular complexity index is 719. The molecule has 1 saturated heterocycles. The molecule has 1 fully saturated rings. The molecule has 0 bridgehead atoms. The van der Waals surface area contributed by atoms with Crippen molar-refractivity contribution >= 4 is 22.7 Å². The molecule has 0 spiro atoms. The van der Waals surface area contributed by atoms with Gasteiger partial charge >= 0.3 is 0 Å². The van der Waals surface area contributed by atoms with Gasteiger partial charge in [-0.1, -0.05) is 24.6 Å². The van der Waals surface area contributed by atoms with Gasteiger partial charge in [-0.3, -0.25) is 9.59 Å². The van der Waals surface area contributed by atoms with E-state index in [2.05, 4.69) is 20.9 Å². The number of carbonyl (C=O) groups excluding carboxylic acids is 2. The molecule has 2 amide bonds. The van der Waals surface area contributed by atoms with Crippen molar-refractivity contribution in [2.75, 3.05) is 13.6 Å². The smallest absolute Gasteiger partial charge is 0.242 e. The second-order valence-electron chi connectivity index (χ2n) is 6.24. The fourth-order valence-electron chi connectivity index (χ4n) is 3.25.